The van der Waals surface area contributed by atoms with Gasteiger partial charge < -0.3 is 5.32 Å². The molecule has 0 bridgehead atoms. The first-order chi connectivity index (χ1) is 10.3. The van der Waals surface area contributed by atoms with E-state index in [0.717, 1.165) is 23.4 Å². The van der Waals surface area contributed by atoms with Crippen LogP contribution in [0.4, 0.5) is 18.9 Å². The summed E-state index contributed by atoms with van der Waals surface area (Å²) in [6.45, 7) is 3.54. The molecule has 0 saturated heterocycles. The van der Waals surface area contributed by atoms with Crippen molar-refractivity contribution < 1.29 is 22.5 Å². The fourth-order valence-electron chi connectivity index (χ4n) is 2.14. The number of nitrogens with zero attached hydrogens (tertiary/aromatic N) is 1. The average Bonchev–Trinajstić information content (AvgIpc) is 2.42. The van der Waals surface area contributed by atoms with Crippen LogP contribution in [0.2, 0.25) is 0 Å². The summed E-state index contributed by atoms with van der Waals surface area (Å²) in [4.78, 5) is 12.0. The Kier molecular flexibility index (Phi) is 4.49. The Morgan fingerprint density at radius 3 is 2.36 bits per heavy atom. The smallest absolute Gasteiger partial charge is 0.320 e. The summed E-state index contributed by atoms with van der Waals surface area (Å²) in [5, 5.41) is 2.74. The number of benzene rings is 1. The molecule has 0 aliphatic rings. The molecule has 116 valence electrons. The molecule has 3 nitrogen and oxygen atoms in total. The van der Waals surface area contributed by atoms with Crippen LogP contribution in [0, 0.1) is 13.8 Å². The van der Waals surface area contributed by atoms with Crippen LogP contribution in [0.1, 0.15) is 16.7 Å². The van der Waals surface area contributed by atoms with Gasteiger partial charge in [-0.05, 0) is 31.0 Å². The highest BCUT2D eigenvalue weighted by Crippen LogP contribution is 2.27. The molecular formula is C16H16F3N2O+. The predicted octanol–water partition coefficient (Wildman–Crippen LogP) is 3.25. The number of hydrogen-bond acceptors (Lipinski definition) is 1. The molecular weight excluding hydrogens is 293 g/mol. The van der Waals surface area contributed by atoms with E-state index < -0.39 is 11.7 Å². The number of nitrogens with one attached hydrogen (secondary N) is 1. The van der Waals surface area contributed by atoms with Crippen molar-refractivity contribution in [3.63, 3.8) is 0 Å². The number of para-hydroxylation sites is 1. The lowest BCUT2D eigenvalue weighted by Gasteiger charge is -2.10. The van der Waals surface area contributed by atoms with E-state index in [4.69, 9.17) is 0 Å². The maximum atomic E-state index is 12.6. The number of halogens is 3. The van der Waals surface area contributed by atoms with E-state index in [1.54, 1.807) is 0 Å². The number of hydrogen-bond donors (Lipinski definition) is 1. The molecule has 0 spiro atoms. The van der Waals surface area contributed by atoms with Gasteiger partial charge in [0.2, 0.25) is 6.54 Å². The van der Waals surface area contributed by atoms with Crippen LogP contribution in [0.3, 0.4) is 0 Å². The van der Waals surface area contributed by atoms with Crippen molar-refractivity contribution in [2.45, 2.75) is 26.6 Å². The minimum absolute atomic E-state index is 0.183. The van der Waals surface area contributed by atoms with Crippen LogP contribution in [0.15, 0.2) is 42.7 Å². The Balaban J connectivity index is 2.13. The second-order valence-corrected chi connectivity index (χ2v) is 5.08. The Bertz CT molecular complexity index is 676. The number of aryl methyl sites for hydroxylation is 2. The number of aromatic nitrogens is 1. The van der Waals surface area contributed by atoms with E-state index in [2.05, 4.69) is 5.32 Å². The highest BCUT2D eigenvalue weighted by atomic mass is 19.4. The quantitative estimate of drug-likeness (QED) is 0.868. The van der Waals surface area contributed by atoms with Crippen molar-refractivity contribution in [3.05, 3.63) is 59.4 Å². The molecule has 0 aliphatic heterocycles. The van der Waals surface area contributed by atoms with Gasteiger partial charge in [-0.2, -0.15) is 17.7 Å². The molecule has 1 amide bonds. The average molecular weight is 309 g/mol. The minimum atomic E-state index is -4.42. The summed E-state index contributed by atoms with van der Waals surface area (Å²) in [6, 6.07) is 7.84. The van der Waals surface area contributed by atoms with Crippen LogP contribution >= 0.6 is 0 Å². The fraction of sp³-hybridized carbons (Fsp3) is 0.250. The molecule has 1 aromatic heterocycles. The number of alkyl halides is 3. The van der Waals surface area contributed by atoms with E-state index in [9.17, 15) is 18.0 Å². The minimum Gasteiger partial charge on any atom is -0.320 e. The highest BCUT2D eigenvalue weighted by Gasteiger charge is 2.33. The van der Waals surface area contributed by atoms with Crippen molar-refractivity contribution in [1.29, 1.82) is 0 Å². The summed E-state index contributed by atoms with van der Waals surface area (Å²) < 4.78 is 39.1. The lowest BCUT2D eigenvalue weighted by Crippen LogP contribution is -2.40. The Labute approximate surface area is 126 Å². The van der Waals surface area contributed by atoms with Gasteiger partial charge in [0.25, 0.3) is 5.91 Å². The second-order valence-electron chi connectivity index (χ2n) is 5.08. The lowest BCUT2D eigenvalue weighted by atomic mass is 10.1. The molecule has 2 aromatic rings. The van der Waals surface area contributed by atoms with Gasteiger partial charge in [0.05, 0.1) is 0 Å². The Morgan fingerprint density at radius 1 is 1.14 bits per heavy atom. The van der Waals surface area contributed by atoms with Gasteiger partial charge in [-0.1, -0.05) is 18.2 Å². The van der Waals surface area contributed by atoms with Crippen molar-refractivity contribution >= 4 is 11.6 Å². The summed E-state index contributed by atoms with van der Waals surface area (Å²) in [5.41, 5.74) is 1.72. The summed E-state index contributed by atoms with van der Waals surface area (Å²) >= 11 is 0. The van der Waals surface area contributed by atoms with E-state index in [-0.39, 0.29) is 12.5 Å². The Hall–Kier alpha value is -2.37. The zero-order valence-electron chi connectivity index (χ0n) is 12.2. The number of carbonyl (C=O) groups excluding carboxylic acids is 1. The predicted molar refractivity (Wildman–Crippen MR) is 76.2 cm³/mol. The van der Waals surface area contributed by atoms with E-state index in [0.29, 0.717) is 5.69 Å². The first-order valence-electron chi connectivity index (χ1n) is 6.70. The summed E-state index contributed by atoms with van der Waals surface area (Å²) in [5.74, 6) is -0.373. The van der Waals surface area contributed by atoms with Gasteiger partial charge in [-0.3, -0.25) is 4.79 Å². The Morgan fingerprint density at radius 2 is 1.77 bits per heavy atom. The SMILES string of the molecule is Cc1cccc(C)c1NC(=O)C[n+]1cccc(C(F)(F)F)c1. The molecule has 2 rings (SSSR count). The van der Waals surface area contributed by atoms with E-state index in [1.165, 1.54) is 16.8 Å². The molecule has 0 unspecified atom stereocenters. The summed E-state index contributed by atoms with van der Waals surface area (Å²) in [6.07, 6.45) is -2.07. The van der Waals surface area contributed by atoms with Gasteiger partial charge in [0, 0.05) is 11.8 Å². The van der Waals surface area contributed by atoms with Crippen molar-refractivity contribution in [2.75, 3.05) is 5.32 Å². The fourth-order valence-corrected chi connectivity index (χ4v) is 2.14. The number of anilines is 1. The number of carbonyl (C=O) groups is 1. The second kappa shape index (κ2) is 6.17. The highest BCUT2D eigenvalue weighted by molar-refractivity contribution is 5.91. The van der Waals surface area contributed by atoms with Gasteiger partial charge in [-0.15, -0.1) is 0 Å². The molecule has 1 aromatic carbocycles. The standard InChI is InChI=1S/C16H15F3N2O/c1-11-5-3-6-12(2)15(11)20-14(22)10-21-8-4-7-13(9-21)16(17,18)19/h3-9H,10H2,1-2H3/p+1. The third kappa shape index (κ3) is 3.84. The molecule has 0 radical (unpaired) electrons. The van der Waals surface area contributed by atoms with Gasteiger partial charge in [0.1, 0.15) is 5.56 Å². The zero-order chi connectivity index (χ0) is 16.3. The maximum Gasteiger partial charge on any atom is 0.422 e. The van der Waals surface area contributed by atoms with Crippen molar-refractivity contribution in [2.24, 2.45) is 0 Å². The molecule has 0 atom stereocenters. The molecule has 1 N–H and O–H groups in total. The summed E-state index contributed by atoms with van der Waals surface area (Å²) in [7, 11) is 0. The molecule has 0 aliphatic carbocycles. The van der Waals surface area contributed by atoms with E-state index in [1.807, 2.05) is 32.0 Å². The zero-order valence-corrected chi connectivity index (χ0v) is 12.2. The molecule has 22 heavy (non-hydrogen) atoms. The third-order valence-electron chi connectivity index (χ3n) is 3.26. The lowest BCUT2D eigenvalue weighted by molar-refractivity contribution is -0.685. The first kappa shape index (κ1) is 16.0. The van der Waals surface area contributed by atoms with Crippen molar-refractivity contribution in [3.8, 4) is 0 Å². The van der Waals surface area contributed by atoms with Crippen LogP contribution in [0.5, 0.6) is 0 Å². The molecule has 1 heterocycles. The normalized spacial score (nSPS) is 11.3. The van der Waals surface area contributed by atoms with Crippen LogP contribution in [0.25, 0.3) is 0 Å². The van der Waals surface area contributed by atoms with Crippen LogP contribution < -0.4 is 9.88 Å². The molecule has 0 saturated carbocycles. The third-order valence-corrected chi connectivity index (χ3v) is 3.26. The first-order valence-corrected chi connectivity index (χ1v) is 6.70. The largest absolute Gasteiger partial charge is 0.422 e. The molecule has 6 heteroatoms. The van der Waals surface area contributed by atoms with Crippen LogP contribution in [-0.2, 0) is 17.5 Å². The molecule has 0 fully saturated rings. The number of rotatable bonds is 3. The van der Waals surface area contributed by atoms with Crippen molar-refractivity contribution in [1.82, 2.24) is 0 Å². The number of pyridine rings is 1. The maximum absolute atomic E-state index is 12.6. The van der Waals surface area contributed by atoms with Crippen LogP contribution in [-0.4, -0.2) is 5.91 Å². The topological polar surface area (TPSA) is 33.0 Å². The van der Waals surface area contributed by atoms with Gasteiger partial charge in [0.15, 0.2) is 12.4 Å². The van der Waals surface area contributed by atoms with Gasteiger partial charge >= 0.3 is 6.18 Å². The van der Waals surface area contributed by atoms with Gasteiger partial charge in [-0.25, -0.2) is 0 Å². The van der Waals surface area contributed by atoms with E-state index >= 15 is 0 Å². The monoisotopic (exact) mass is 309 g/mol. The number of amides is 1.